The molecule has 1 atom stereocenters. The number of carbonyl (C=O) groups is 1. The first kappa shape index (κ1) is 18.1. The molecule has 1 fully saturated rings. The van der Waals surface area contributed by atoms with E-state index in [0.717, 1.165) is 37.6 Å². The first-order valence-electron chi connectivity index (χ1n) is 9.34. The molecule has 2 heterocycles. The zero-order chi connectivity index (χ0) is 17.8. The average molecular weight is 346 g/mol. The number of amides is 1. The van der Waals surface area contributed by atoms with Crippen molar-refractivity contribution in [2.75, 3.05) is 33.9 Å². The van der Waals surface area contributed by atoms with E-state index in [2.05, 4.69) is 12.2 Å². The number of ether oxygens (including phenoxy) is 2. The SMILES string of the molecule is COc1cc2c(cc1OC)CN(C(=O)CC(C)C1CCNCC1)CC2. The highest BCUT2D eigenvalue weighted by atomic mass is 16.5. The van der Waals surface area contributed by atoms with Gasteiger partial charge < -0.3 is 19.7 Å². The first-order valence-corrected chi connectivity index (χ1v) is 9.34. The summed E-state index contributed by atoms with van der Waals surface area (Å²) in [5, 5.41) is 3.40. The lowest BCUT2D eigenvalue weighted by Crippen LogP contribution is -2.38. The summed E-state index contributed by atoms with van der Waals surface area (Å²) in [5.41, 5.74) is 2.43. The van der Waals surface area contributed by atoms with Crippen LogP contribution in [-0.4, -0.2) is 44.7 Å². The van der Waals surface area contributed by atoms with E-state index < -0.39 is 0 Å². The molecule has 1 aromatic rings. The lowest BCUT2D eigenvalue weighted by Gasteiger charge is -2.33. The van der Waals surface area contributed by atoms with Crippen LogP contribution in [0.25, 0.3) is 0 Å². The van der Waals surface area contributed by atoms with Crippen molar-refractivity contribution >= 4 is 5.91 Å². The summed E-state index contributed by atoms with van der Waals surface area (Å²) in [5.74, 6) is 2.92. The molecular weight excluding hydrogens is 316 g/mol. The Balaban J connectivity index is 1.64. The van der Waals surface area contributed by atoms with Crippen LogP contribution in [0.4, 0.5) is 0 Å². The minimum Gasteiger partial charge on any atom is -0.493 e. The molecular formula is C20H30N2O3. The van der Waals surface area contributed by atoms with Gasteiger partial charge in [-0.25, -0.2) is 0 Å². The van der Waals surface area contributed by atoms with E-state index in [9.17, 15) is 4.79 Å². The van der Waals surface area contributed by atoms with Gasteiger partial charge in [-0.2, -0.15) is 0 Å². The van der Waals surface area contributed by atoms with Crippen molar-refractivity contribution in [1.82, 2.24) is 10.2 Å². The van der Waals surface area contributed by atoms with E-state index >= 15 is 0 Å². The fourth-order valence-corrected chi connectivity index (χ4v) is 4.08. The first-order chi connectivity index (χ1) is 12.1. The van der Waals surface area contributed by atoms with Gasteiger partial charge in [-0.05, 0) is 67.4 Å². The molecule has 1 saturated heterocycles. The Hall–Kier alpha value is -1.75. The maximum Gasteiger partial charge on any atom is 0.223 e. The third-order valence-electron chi connectivity index (χ3n) is 5.76. The molecule has 25 heavy (non-hydrogen) atoms. The number of nitrogens with zero attached hydrogens (tertiary/aromatic N) is 1. The van der Waals surface area contributed by atoms with Crippen LogP contribution in [0.15, 0.2) is 12.1 Å². The highest BCUT2D eigenvalue weighted by Gasteiger charge is 2.27. The molecule has 0 bridgehead atoms. The van der Waals surface area contributed by atoms with Crippen molar-refractivity contribution in [3.8, 4) is 11.5 Å². The van der Waals surface area contributed by atoms with E-state index in [4.69, 9.17) is 9.47 Å². The largest absolute Gasteiger partial charge is 0.493 e. The average Bonchev–Trinajstić information content (AvgIpc) is 2.66. The van der Waals surface area contributed by atoms with Gasteiger partial charge in [0.15, 0.2) is 11.5 Å². The van der Waals surface area contributed by atoms with Crippen LogP contribution in [0, 0.1) is 11.8 Å². The van der Waals surface area contributed by atoms with Crippen molar-refractivity contribution in [3.63, 3.8) is 0 Å². The molecule has 0 aromatic heterocycles. The second-order valence-corrected chi connectivity index (χ2v) is 7.31. The van der Waals surface area contributed by atoms with Crippen LogP contribution in [0.5, 0.6) is 11.5 Å². The third kappa shape index (κ3) is 4.09. The maximum absolute atomic E-state index is 12.8. The van der Waals surface area contributed by atoms with Crippen LogP contribution in [0.3, 0.4) is 0 Å². The Bertz CT molecular complexity index is 611. The molecule has 1 unspecified atom stereocenters. The van der Waals surface area contributed by atoms with E-state index in [0.29, 0.717) is 24.8 Å². The molecule has 2 aliphatic heterocycles. The second kappa shape index (κ2) is 8.09. The standard InChI is InChI=1S/C20H30N2O3/c1-14(15-4-7-21-8-5-15)10-20(23)22-9-6-16-11-18(24-2)19(25-3)12-17(16)13-22/h11-12,14-15,21H,4-10,13H2,1-3H3. The van der Waals surface area contributed by atoms with Crippen molar-refractivity contribution in [2.24, 2.45) is 11.8 Å². The van der Waals surface area contributed by atoms with Gasteiger partial charge in [-0.1, -0.05) is 6.92 Å². The van der Waals surface area contributed by atoms with Crippen molar-refractivity contribution < 1.29 is 14.3 Å². The van der Waals surface area contributed by atoms with Gasteiger partial charge in [0.25, 0.3) is 0 Å². The van der Waals surface area contributed by atoms with Gasteiger partial charge in [0.1, 0.15) is 0 Å². The highest BCUT2D eigenvalue weighted by molar-refractivity contribution is 5.77. The minimum absolute atomic E-state index is 0.284. The minimum atomic E-state index is 0.284. The molecule has 0 aliphatic carbocycles. The van der Waals surface area contributed by atoms with E-state index in [1.54, 1.807) is 14.2 Å². The Kier molecular flexibility index (Phi) is 5.84. The fourth-order valence-electron chi connectivity index (χ4n) is 4.08. The van der Waals surface area contributed by atoms with Crippen LogP contribution in [0.2, 0.25) is 0 Å². The van der Waals surface area contributed by atoms with Crippen molar-refractivity contribution in [2.45, 2.75) is 39.2 Å². The summed E-state index contributed by atoms with van der Waals surface area (Å²) >= 11 is 0. The van der Waals surface area contributed by atoms with Gasteiger partial charge in [0.2, 0.25) is 5.91 Å². The predicted molar refractivity (Wildman–Crippen MR) is 98.0 cm³/mol. The number of fused-ring (bicyclic) bond motifs is 1. The Labute approximate surface area is 150 Å². The molecule has 138 valence electrons. The topological polar surface area (TPSA) is 50.8 Å². The molecule has 0 saturated carbocycles. The monoisotopic (exact) mass is 346 g/mol. The number of nitrogens with one attached hydrogen (secondary N) is 1. The lowest BCUT2D eigenvalue weighted by atomic mass is 9.83. The molecule has 1 N–H and O–H groups in total. The van der Waals surface area contributed by atoms with Gasteiger partial charge in [0.05, 0.1) is 14.2 Å². The van der Waals surface area contributed by atoms with Crippen molar-refractivity contribution in [3.05, 3.63) is 23.3 Å². The molecule has 5 nitrogen and oxygen atoms in total. The van der Waals surface area contributed by atoms with Gasteiger partial charge in [-0.15, -0.1) is 0 Å². The quantitative estimate of drug-likeness (QED) is 0.890. The Morgan fingerprint density at radius 1 is 1.20 bits per heavy atom. The normalized spacial score (nSPS) is 19.2. The number of hydrogen-bond acceptors (Lipinski definition) is 4. The number of rotatable bonds is 5. The van der Waals surface area contributed by atoms with Gasteiger partial charge in [-0.3, -0.25) is 4.79 Å². The van der Waals surface area contributed by atoms with Crippen LogP contribution in [0.1, 0.15) is 37.3 Å². The van der Waals surface area contributed by atoms with Crippen molar-refractivity contribution in [1.29, 1.82) is 0 Å². The number of carbonyl (C=O) groups excluding carboxylic acids is 1. The summed E-state index contributed by atoms with van der Waals surface area (Å²) in [6.45, 7) is 5.87. The second-order valence-electron chi connectivity index (χ2n) is 7.31. The predicted octanol–water partition coefficient (Wildman–Crippen LogP) is 2.61. The van der Waals surface area contributed by atoms with E-state index in [1.807, 2.05) is 17.0 Å². The zero-order valence-corrected chi connectivity index (χ0v) is 15.6. The molecule has 3 rings (SSSR count). The smallest absolute Gasteiger partial charge is 0.223 e. The lowest BCUT2D eigenvalue weighted by molar-refractivity contribution is -0.133. The number of benzene rings is 1. The highest BCUT2D eigenvalue weighted by Crippen LogP contribution is 2.34. The van der Waals surface area contributed by atoms with Gasteiger partial charge in [0, 0.05) is 19.5 Å². The third-order valence-corrected chi connectivity index (χ3v) is 5.76. The van der Waals surface area contributed by atoms with Gasteiger partial charge >= 0.3 is 0 Å². The summed E-state index contributed by atoms with van der Waals surface area (Å²) in [6, 6.07) is 4.07. The molecule has 2 aliphatic rings. The molecule has 0 spiro atoms. The number of hydrogen-bond donors (Lipinski definition) is 1. The van der Waals surface area contributed by atoms with Crippen LogP contribution >= 0.6 is 0 Å². The molecule has 0 radical (unpaired) electrons. The summed E-state index contributed by atoms with van der Waals surface area (Å²) in [7, 11) is 3.31. The fraction of sp³-hybridized carbons (Fsp3) is 0.650. The van der Waals surface area contributed by atoms with E-state index in [-0.39, 0.29) is 5.91 Å². The maximum atomic E-state index is 12.8. The van der Waals surface area contributed by atoms with Crippen LogP contribution < -0.4 is 14.8 Å². The summed E-state index contributed by atoms with van der Waals surface area (Å²) in [4.78, 5) is 14.8. The Morgan fingerprint density at radius 3 is 2.48 bits per heavy atom. The summed E-state index contributed by atoms with van der Waals surface area (Å²) < 4.78 is 10.8. The summed E-state index contributed by atoms with van der Waals surface area (Å²) in [6.07, 6.45) is 3.92. The Morgan fingerprint density at radius 2 is 1.84 bits per heavy atom. The number of piperidine rings is 1. The van der Waals surface area contributed by atoms with Crippen LogP contribution in [-0.2, 0) is 17.8 Å². The molecule has 5 heteroatoms. The van der Waals surface area contributed by atoms with E-state index in [1.165, 1.54) is 24.0 Å². The molecule has 1 aromatic carbocycles. The molecule has 1 amide bonds. The number of methoxy groups -OCH3 is 2. The zero-order valence-electron chi connectivity index (χ0n) is 15.6.